The van der Waals surface area contributed by atoms with Crippen LogP contribution < -0.4 is 14.9 Å². The highest BCUT2D eigenvalue weighted by atomic mass is 35.5. The summed E-state index contributed by atoms with van der Waals surface area (Å²) < 4.78 is 10.9. The van der Waals surface area contributed by atoms with Crippen LogP contribution in [0.5, 0.6) is 11.5 Å². The minimum absolute atomic E-state index is 0.269. The highest BCUT2D eigenvalue weighted by Gasteiger charge is 2.20. The van der Waals surface area contributed by atoms with Gasteiger partial charge in [0.25, 0.3) is 5.91 Å². The predicted octanol–water partition coefficient (Wildman–Crippen LogP) is 6.48. The molecule has 0 fully saturated rings. The van der Waals surface area contributed by atoms with Crippen molar-refractivity contribution < 1.29 is 19.1 Å². The van der Waals surface area contributed by atoms with Crippen LogP contribution in [0, 0.1) is 0 Å². The Labute approximate surface area is 223 Å². The number of carbonyl (C=O) groups excluding carboxylic acids is 2. The number of carbonyl (C=O) groups is 2. The fourth-order valence-corrected chi connectivity index (χ4v) is 4.28. The van der Waals surface area contributed by atoms with E-state index in [0.29, 0.717) is 33.1 Å². The monoisotopic (exact) mass is 523 g/mol. The number of hydrogen-bond acceptors (Lipinski definition) is 5. The SMILES string of the molecule is COc1cc(C=NNC(=O)c2[nH]c3c(Cl)cccc3c2-c2ccccc2)ccc1OC(=O)c1ccccc1. The minimum Gasteiger partial charge on any atom is -0.493 e. The molecule has 0 spiro atoms. The van der Waals surface area contributed by atoms with Gasteiger partial charge in [0.05, 0.1) is 29.4 Å². The number of halogens is 1. The Balaban J connectivity index is 1.36. The summed E-state index contributed by atoms with van der Waals surface area (Å²) in [5.74, 6) is -0.302. The first-order chi connectivity index (χ1) is 18.5. The topological polar surface area (TPSA) is 92.8 Å². The number of benzene rings is 4. The zero-order valence-electron chi connectivity index (χ0n) is 20.3. The number of aromatic amines is 1. The van der Waals surface area contributed by atoms with Gasteiger partial charge in [-0.05, 0) is 47.5 Å². The first kappa shape index (κ1) is 24.8. The average Bonchev–Trinajstić information content (AvgIpc) is 3.36. The number of nitrogens with zero attached hydrogens (tertiary/aromatic N) is 1. The molecule has 4 aromatic carbocycles. The normalized spacial score (nSPS) is 11.0. The molecule has 5 rings (SSSR count). The van der Waals surface area contributed by atoms with Crippen molar-refractivity contribution in [1.29, 1.82) is 0 Å². The number of hydrazone groups is 1. The standard InChI is InChI=1S/C30H22ClN3O4/c1-37-25-17-19(15-16-24(25)38-30(36)21-11-6-3-7-12-21)18-32-34-29(35)28-26(20-9-4-2-5-10-20)22-13-8-14-23(31)27(22)33-28/h2-18,33H,1H3,(H,34,35). The van der Waals surface area contributed by atoms with Gasteiger partial charge < -0.3 is 14.5 Å². The zero-order valence-corrected chi connectivity index (χ0v) is 21.0. The van der Waals surface area contributed by atoms with Gasteiger partial charge in [0.2, 0.25) is 0 Å². The zero-order chi connectivity index (χ0) is 26.5. The molecule has 0 saturated carbocycles. The van der Waals surface area contributed by atoms with Crippen molar-refractivity contribution in [2.24, 2.45) is 5.10 Å². The van der Waals surface area contributed by atoms with Crippen LogP contribution in [-0.4, -0.2) is 30.2 Å². The molecule has 0 radical (unpaired) electrons. The molecule has 0 saturated heterocycles. The number of aromatic nitrogens is 1. The smallest absolute Gasteiger partial charge is 0.343 e. The van der Waals surface area contributed by atoms with E-state index in [1.54, 1.807) is 48.5 Å². The summed E-state index contributed by atoms with van der Waals surface area (Å²) >= 11 is 6.39. The maximum Gasteiger partial charge on any atom is 0.343 e. The molecule has 0 aliphatic heterocycles. The number of methoxy groups -OCH3 is 1. The molecule has 1 heterocycles. The lowest BCUT2D eigenvalue weighted by molar-refractivity contribution is 0.0729. The van der Waals surface area contributed by atoms with Gasteiger partial charge in [-0.25, -0.2) is 10.2 Å². The van der Waals surface area contributed by atoms with Crippen LogP contribution >= 0.6 is 11.6 Å². The van der Waals surface area contributed by atoms with E-state index in [0.717, 1.165) is 16.5 Å². The minimum atomic E-state index is -0.495. The van der Waals surface area contributed by atoms with E-state index in [-0.39, 0.29) is 5.75 Å². The molecule has 1 amide bonds. The van der Waals surface area contributed by atoms with Gasteiger partial charge in [-0.2, -0.15) is 5.10 Å². The number of fused-ring (bicyclic) bond motifs is 1. The van der Waals surface area contributed by atoms with Crippen LogP contribution in [0.1, 0.15) is 26.4 Å². The number of amides is 1. The molecule has 7 nitrogen and oxygen atoms in total. The number of rotatable bonds is 7. The van der Waals surface area contributed by atoms with Crippen molar-refractivity contribution in [3.8, 4) is 22.6 Å². The second-order valence-electron chi connectivity index (χ2n) is 8.27. The maximum atomic E-state index is 13.2. The summed E-state index contributed by atoms with van der Waals surface area (Å²) in [5.41, 5.74) is 6.26. The molecular weight excluding hydrogens is 502 g/mol. The number of hydrogen-bond donors (Lipinski definition) is 2. The predicted molar refractivity (Wildman–Crippen MR) is 148 cm³/mol. The number of nitrogens with one attached hydrogen (secondary N) is 2. The third kappa shape index (κ3) is 5.14. The average molecular weight is 524 g/mol. The van der Waals surface area contributed by atoms with E-state index in [2.05, 4.69) is 15.5 Å². The van der Waals surface area contributed by atoms with Crippen LogP contribution in [0.4, 0.5) is 0 Å². The van der Waals surface area contributed by atoms with Crippen LogP contribution in [-0.2, 0) is 0 Å². The van der Waals surface area contributed by atoms with Gasteiger partial charge in [-0.1, -0.05) is 72.3 Å². The molecule has 0 aliphatic rings. The molecule has 1 aromatic heterocycles. The number of H-pyrrole nitrogens is 1. The molecular formula is C30H22ClN3O4. The van der Waals surface area contributed by atoms with Crippen LogP contribution in [0.3, 0.4) is 0 Å². The molecule has 0 aliphatic carbocycles. The van der Waals surface area contributed by atoms with Gasteiger partial charge in [-0.3, -0.25) is 4.79 Å². The van der Waals surface area contributed by atoms with Crippen molar-refractivity contribution in [2.75, 3.05) is 7.11 Å². The van der Waals surface area contributed by atoms with Crippen molar-refractivity contribution in [1.82, 2.24) is 10.4 Å². The summed E-state index contributed by atoms with van der Waals surface area (Å²) in [6.07, 6.45) is 1.47. The molecule has 2 N–H and O–H groups in total. The van der Waals surface area contributed by atoms with E-state index in [1.807, 2.05) is 48.5 Å². The fourth-order valence-electron chi connectivity index (χ4n) is 4.06. The Kier molecular flexibility index (Phi) is 7.19. The first-order valence-corrected chi connectivity index (χ1v) is 12.1. The summed E-state index contributed by atoms with van der Waals surface area (Å²) in [5, 5.41) is 5.47. The van der Waals surface area contributed by atoms with Crippen molar-refractivity contribution in [3.63, 3.8) is 0 Å². The van der Waals surface area contributed by atoms with Gasteiger partial charge in [0.15, 0.2) is 11.5 Å². The highest BCUT2D eigenvalue weighted by molar-refractivity contribution is 6.36. The molecule has 188 valence electrons. The molecule has 0 unspecified atom stereocenters. The third-order valence-corrected chi connectivity index (χ3v) is 6.17. The summed E-state index contributed by atoms with van der Waals surface area (Å²) in [4.78, 5) is 28.7. The second-order valence-corrected chi connectivity index (χ2v) is 8.68. The second kappa shape index (κ2) is 11.0. The molecule has 8 heteroatoms. The largest absolute Gasteiger partial charge is 0.493 e. The van der Waals surface area contributed by atoms with Crippen LogP contribution in [0.25, 0.3) is 22.0 Å². The number of esters is 1. The molecule has 0 bridgehead atoms. The van der Waals surface area contributed by atoms with E-state index >= 15 is 0 Å². The Morgan fingerprint density at radius 2 is 1.63 bits per heavy atom. The maximum absolute atomic E-state index is 13.2. The summed E-state index contributed by atoms with van der Waals surface area (Å²) in [7, 11) is 1.48. The van der Waals surface area contributed by atoms with E-state index < -0.39 is 11.9 Å². The van der Waals surface area contributed by atoms with Gasteiger partial charge in [-0.15, -0.1) is 0 Å². The molecule has 5 aromatic rings. The number of para-hydroxylation sites is 1. The Bertz CT molecular complexity index is 1650. The lowest BCUT2D eigenvalue weighted by Crippen LogP contribution is -2.18. The van der Waals surface area contributed by atoms with Gasteiger partial charge in [0.1, 0.15) is 5.69 Å². The van der Waals surface area contributed by atoms with Crippen LogP contribution in [0.2, 0.25) is 5.02 Å². The third-order valence-electron chi connectivity index (χ3n) is 5.85. The van der Waals surface area contributed by atoms with Gasteiger partial charge >= 0.3 is 5.97 Å². The number of ether oxygens (including phenoxy) is 2. The molecule has 0 atom stereocenters. The van der Waals surface area contributed by atoms with Gasteiger partial charge in [0, 0.05) is 10.9 Å². The summed E-state index contributed by atoms with van der Waals surface area (Å²) in [6, 6.07) is 28.8. The molecule has 38 heavy (non-hydrogen) atoms. The first-order valence-electron chi connectivity index (χ1n) is 11.7. The summed E-state index contributed by atoms with van der Waals surface area (Å²) in [6.45, 7) is 0. The Morgan fingerprint density at radius 1 is 0.895 bits per heavy atom. The van der Waals surface area contributed by atoms with Crippen molar-refractivity contribution in [2.45, 2.75) is 0 Å². The quantitative estimate of drug-likeness (QED) is 0.110. The van der Waals surface area contributed by atoms with Crippen molar-refractivity contribution >= 4 is 40.6 Å². The highest BCUT2D eigenvalue weighted by Crippen LogP contribution is 2.35. The van der Waals surface area contributed by atoms with E-state index in [1.165, 1.54) is 13.3 Å². The Hall–Kier alpha value is -4.88. The van der Waals surface area contributed by atoms with Crippen LogP contribution in [0.15, 0.2) is 102 Å². The van der Waals surface area contributed by atoms with E-state index in [9.17, 15) is 9.59 Å². The lowest BCUT2D eigenvalue weighted by Gasteiger charge is -2.10. The lowest BCUT2D eigenvalue weighted by atomic mass is 10.0. The van der Waals surface area contributed by atoms with Crippen molar-refractivity contribution in [3.05, 3.63) is 119 Å². The van der Waals surface area contributed by atoms with E-state index in [4.69, 9.17) is 21.1 Å². The fraction of sp³-hybridized carbons (Fsp3) is 0.0333. The Morgan fingerprint density at radius 3 is 2.37 bits per heavy atom.